The van der Waals surface area contributed by atoms with Crippen molar-refractivity contribution in [3.8, 4) is 0 Å². The van der Waals surface area contributed by atoms with Gasteiger partial charge in [-0.25, -0.2) is 5.32 Å². The Kier molecular flexibility index (Phi) is 4.75. The molecule has 1 N–H and O–H groups in total. The zero-order valence-corrected chi connectivity index (χ0v) is 11.3. The van der Waals surface area contributed by atoms with Gasteiger partial charge in [-0.15, -0.1) is 0 Å². The van der Waals surface area contributed by atoms with Crippen molar-refractivity contribution in [3.63, 3.8) is 0 Å². The van der Waals surface area contributed by atoms with Gasteiger partial charge >= 0.3 is 0 Å². The van der Waals surface area contributed by atoms with Crippen LogP contribution in [0.3, 0.4) is 0 Å². The van der Waals surface area contributed by atoms with Gasteiger partial charge in [0, 0.05) is 19.1 Å². The number of rotatable bonds is 3. The highest BCUT2D eigenvalue weighted by molar-refractivity contribution is 5.25. The molecule has 0 spiro atoms. The summed E-state index contributed by atoms with van der Waals surface area (Å²) in [5, 5.41) is 13.8. The number of nitrogens with zero attached hydrogens (tertiary/aromatic N) is 2. The summed E-state index contributed by atoms with van der Waals surface area (Å²) < 4.78 is 0. The molecule has 1 aromatic carbocycles. The van der Waals surface area contributed by atoms with Crippen LogP contribution in [0.1, 0.15) is 37.4 Å². The Morgan fingerprint density at radius 3 is 2.67 bits per heavy atom. The second-order valence-corrected chi connectivity index (χ2v) is 5.26. The van der Waals surface area contributed by atoms with Crippen LogP contribution in [-0.2, 0) is 6.61 Å². The maximum atomic E-state index is 9.07. The van der Waals surface area contributed by atoms with Gasteiger partial charge in [-0.05, 0) is 37.9 Å². The SMILES string of the molecule is CC(C)N1CCC[N]C(c2ccc(CO)cc2)C1. The lowest BCUT2D eigenvalue weighted by Crippen LogP contribution is -2.34. The molecular formula is C15H23N2O. The molecular weight excluding hydrogens is 224 g/mol. The van der Waals surface area contributed by atoms with E-state index in [0.717, 1.165) is 31.6 Å². The third-order valence-electron chi connectivity index (χ3n) is 3.64. The summed E-state index contributed by atoms with van der Waals surface area (Å²) in [5.74, 6) is 0. The summed E-state index contributed by atoms with van der Waals surface area (Å²) in [4.78, 5) is 2.50. The van der Waals surface area contributed by atoms with Crippen molar-refractivity contribution in [1.82, 2.24) is 10.2 Å². The van der Waals surface area contributed by atoms with Crippen LogP contribution >= 0.6 is 0 Å². The molecule has 0 amide bonds. The summed E-state index contributed by atoms with van der Waals surface area (Å²) in [6.45, 7) is 7.72. The van der Waals surface area contributed by atoms with E-state index in [1.165, 1.54) is 5.56 Å². The molecule has 18 heavy (non-hydrogen) atoms. The van der Waals surface area contributed by atoms with E-state index >= 15 is 0 Å². The molecule has 1 aliphatic rings. The predicted molar refractivity (Wildman–Crippen MR) is 73.4 cm³/mol. The van der Waals surface area contributed by atoms with Crippen LogP contribution in [0.15, 0.2) is 24.3 Å². The Balaban J connectivity index is 2.09. The molecule has 1 heterocycles. The molecule has 0 bridgehead atoms. The third-order valence-corrected chi connectivity index (χ3v) is 3.64. The Hall–Kier alpha value is -0.900. The lowest BCUT2D eigenvalue weighted by Gasteiger charge is -2.27. The van der Waals surface area contributed by atoms with Crippen LogP contribution in [0.4, 0.5) is 0 Å². The van der Waals surface area contributed by atoms with Crippen LogP contribution in [0.2, 0.25) is 0 Å². The molecule has 0 aromatic heterocycles. The molecule has 3 nitrogen and oxygen atoms in total. The highest BCUT2D eigenvalue weighted by Crippen LogP contribution is 2.20. The van der Waals surface area contributed by atoms with Gasteiger partial charge in [0.1, 0.15) is 0 Å². The third kappa shape index (κ3) is 3.31. The Labute approximate surface area is 110 Å². The van der Waals surface area contributed by atoms with Crippen molar-refractivity contribution in [2.75, 3.05) is 19.6 Å². The van der Waals surface area contributed by atoms with Gasteiger partial charge in [-0.3, -0.25) is 4.90 Å². The van der Waals surface area contributed by atoms with Gasteiger partial charge in [-0.1, -0.05) is 24.3 Å². The van der Waals surface area contributed by atoms with Gasteiger partial charge < -0.3 is 5.11 Å². The number of aliphatic hydroxyl groups is 1. The largest absolute Gasteiger partial charge is 0.392 e. The summed E-state index contributed by atoms with van der Waals surface area (Å²) >= 11 is 0. The van der Waals surface area contributed by atoms with Gasteiger partial charge in [0.05, 0.1) is 12.6 Å². The highest BCUT2D eigenvalue weighted by atomic mass is 16.3. The predicted octanol–water partition coefficient (Wildman–Crippen LogP) is 1.94. The van der Waals surface area contributed by atoms with Crippen LogP contribution in [-0.4, -0.2) is 35.7 Å². The molecule has 2 rings (SSSR count). The van der Waals surface area contributed by atoms with Crippen LogP contribution in [0, 0.1) is 0 Å². The molecule has 0 aliphatic carbocycles. The first-order valence-electron chi connectivity index (χ1n) is 6.81. The van der Waals surface area contributed by atoms with E-state index in [-0.39, 0.29) is 12.6 Å². The highest BCUT2D eigenvalue weighted by Gasteiger charge is 2.21. The molecule has 1 aromatic rings. The smallest absolute Gasteiger partial charge is 0.0681 e. The first-order chi connectivity index (χ1) is 8.70. The summed E-state index contributed by atoms with van der Waals surface area (Å²) in [6, 6.07) is 9.05. The topological polar surface area (TPSA) is 37.6 Å². The molecule has 1 aliphatic heterocycles. The lowest BCUT2D eigenvalue weighted by atomic mass is 10.0. The second kappa shape index (κ2) is 6.32. The standard InChI is InChI=1S/C15H23N2O/c1-12(2)17-9-3-8-16-15(10-17)14-6-4-13(11-18)5-7-14/h4-7,12,15,18H,3,8-11H2,1-2H3. The van der Waals surface area contributed by atoms with E-state index in [1.54, 1.807) is 0 Å². The Morgan fingerprint density at radius 2 is 2.06 bits per heavy atom. The molecule has 1 radical (unpaired) electrons. The van der Waals surface area contributed by atoms with E-state index in [1.807, 2.05) is 12.1 Å². The minimum absolute atomic E-state index is 0.111. The average molecular weight is 247 g/mol. The lowest BCUT2D eigenvalue weighted by molar-refractivity contribution is 0.218. The molecule has 1 unspecified atom stereocenters. The molecule has 1 fully saturated rings. The Bertz CT molecular complexity index is 361. The quantitative estimate of drug-likeness (QED) is 0.886. The summed E-state index contributed by atoms with van der Waals surface area (Å²) in [7, 11) is 0. The number of hydrogen-bond donors (Lipinski definition) is 1. The van der Waals surface area contributed by atoms with E-state index < -0.39 is 0 Å². The van der Waals surface area contributed by atoms with Gasteiger partial charge in [0.25, 0.3) is 0 Å². The minimum atomic E-state index is 0.111. The van der Waals surface area contributed by atoms with E-state index in [9.17, 15) is 0 Å². The fourth-order valence-corrected chi connectivity index (χ4v) is 2.42. The van der Waals surface area contributed by atoms with Crippen molar-refractivity contribution < 1.29 is 5.11 Å². The van der Waals surface area contributed by atoms with Crippen LogP contribution in [0.25, 0.3) is 0 Å². The van der Waals surface area contributed by atoms with Crippen LogP contribution in [0.5, 0.6) is 0 Å². The van der Waals surface area contributed by atoms with Gasteiger partial charge in [-0.2, -0.15) is 0 Å². The van der Waals surface area contributed by atoms with Crippen molar-refractivity contribution in [1.29, 1.82) is 0 Å². The maximum Gasteiger partial charge on any atom is 0.0681 e. The number of aliphatic hydroxyl groups excluding tert-OH is 1. The van der Waals surface area contributed by atoms with Crippen LogP contribution < -0.4 is 5.32 Å². The van der Waals surface area contributed by atoms with E-state index in [0.29, 0.717) is 6.04 Å². The zero-order chi connectivity index (χ0) is 13.0. The Morgan fingerprint density at radius 1 is 1.33 bits per heavy atom. The average Bonchev–Trinajstić information content (AvgIpc) is 2.65. The fraction of sp³-hybridized carbons (Fsp3) is 0.600. The minimum Gasteiger partial charge on any atom is -0.392 e. The maximum absolute atomic E-state index is 9.07. The number of benzene rings is 1. The molecule has 1 saturated heterocycles. The monoisotopic (exact) mass is 247 g/mol. The molecule has 3 heteroatoms. The zero-order valence-electron chi connectivity index (χ0n) is 11.3. The fourth-order valence-electron chi connectivity index (χ4n) is 2.42. The van der Waals surface area contributed by atoms with E-state index in [4.69, 9.17) is 10.4 Å². The van der Waals surface area contributed by atoms with Crippen molar-refractivity contribution in [3.05, 3.63) is 35.4 Å². The normalized spacial score (nSPS) is 22.1. The second-order valence-electron chi connectivity index (χ2n) is 5.26. The first kappa shape index (κ1) is 13.5. The molecule has 0 saturated carbocycles. The van der Waals surface area contributed by atoms with Crippen molar-refractivity contribution in [2.24, 2.45) is 0 Å². The first-order valence-corrected chi connectivity index (χ1v) is 6.81. The summed E-state index contributed by atoms with van der Waals surface area (Å²) in [6.07, 6.45) is 1.16. The van der Waals surface area contributed by atoms with E-state index in [2.05, 4.69) is 30.9 Å². The van der Waals surface area contributed by atoms with Crippen molar-refractivity contribution in [2.45, 2.75) is 39.0 Å². The summed E-state index contributed by atoms with van der Waals surface area (Å²) in [5.41, 5.74) is 2.23. The number of hydrogen-bond acceptors (Lipinski definition) is 2. The molecule has 1 atom stereocenters. The molecule has 99 valence electrons. The van der Waals surface area contributed by atoms with Crippen molar-refractivity contribution >= 4 is 0 Å². The van der Waals surface area contributed by atoms with Gasteiger partial charge in [0.2, 0.25) is 0 Å². The van der Waals surface area contributed by atoms with Gasteiger partial charge in [0.15, 0.2) is 0 Å².